The Morgan fingerprint density at radius 1 is 1.14 bits per heavy atom. The number of hydrogen-bond donors (Lipinski definition) is 3. The van der Waals surface area contributed by atoms with Gasteiger partial charge in [-0.15, -0.1) is 0 Å². The monoisotopic (exact) mass is 424 g/mol. The third-order valence-corrected chi connectivity index (χ3v) is 5.99. The van der Waals surface area contributed by atoms with Gasteiger partial charge in [0.05, 0.1) is 6.61 Å². The Kier molecular flexibility index (Phi) is 5.65. The maximum Gasteiger partial charge on any atom is 0.228 e. The molecule has 1 spiro atoms. The molecule has 156 valence electrons. The summed E-state index contributed by atoms with van der Waals surface area (Å²) in [6.07, 6.45) is -5.48. The number of aryl methyl sites for hydroxylation is 1. The lowest BCUT2D eigenvalue weighted by Crippen LogP contribution is -2.62. The van der Waals surface area contributed by atoms with Crippen molar-refractivity contribution in [3.05, 3.63) is 69.2 Å². The van der Waals surface area contributed by atoms with Crippen molar-refractivity contribution in [1.29, 1.82) is 0 Å². The third kappa shape index (κ3) is 3.47. The quantitative estimate of drug-likeness (QED) is 0.699. The van der Waals surface area contributed by atoms with Gasteiger partial charge in [0, 0.05) is 10.6 Å². The Labute approximate surface area is 172 Å². The lowest BCUT2D eigenvalue weighted by molar-refractivity contribution is -0.438. The highest BCUT2D eigenvalue weighted by Gasteiger charge is 2.59. The summed E-state index contributed by atoms with van der Waals surface area (Å²) >= 11 is 6.45. The van der Waals surface area contributed by atoms with E-state index in [0.29, 0.717) is 22.6 Å². The van der Waals surface area contributed by atoms with Gasteiger partial charge >= 0.3 is 0 Å². The molecule has 5 atom stereocenters. The van der Waals surface area contributed by atoms with Crippen molar-refractivity contribution in [2.24, 2.45) is 0 Å². The normalized spacial score (nSPS) is 31.2. The molecule has 2 aromatic carbocycles. The van der Waals surface area contributed by atoms with Crippen LogP contribution in [0.15, 0.2) is 36.4 Å². The second-order valence-corrected chi connectivity index (χ2v) is 7.81. The average molecular weight is 425 g/mol. The van der Waals surface area contributed by atoms with Crippen molar-refractivity contribution in [2.75, 3.05) is 0 Å². The molecule has 0 aromatic heterocycles. The molecule has 29 heavy (non-hydrogen) atoms. The molecule has 0 saturated carbocycles. The average Bonchev–Trinajstić information content (AvgIpc) is 3.08. The standard InChI is InChI=1S/C21H22ClFO6/c1-2-11-3-5-12(6-4-11)7-13-8-15-14(9-16(13)22)10-27-21(15)19(26)17(24)18(25)20(28-21)29-23/h3-6,8-9,17-20,24-26H,2,7,10H2,1H3/t17-,18-,19+,20+,21-/m0/s1. The van der Waals surface area contributed by atoms with Crippen LogP contribution in [0.25, 0.3) is 0 Å². The van der Waals surface area contributed by atoms with Crippen LogP contribution in [0.2, 0.25) is 5.02 Å². The number of hydrogen-bond acceptors (Lipinski definition) is 6. The van der Waals surface area contributed by atoms with E-state index in [9.17, 15) is 19.8 Å². The van der Waals surface area contributed by atoms with E-state index in [0.717, 1.165) is 17.5 Å². The minimum atomic E-state index is -1.86. The molecule has 0 amide bonds. The van der Waals surface area contributed by atoms with Gasteiger partial charge in [-0.25, -0.2) is 0 Å². The molecule has 0 bridgehead atoms. The molecule has 6 nitrogen and oxygen atoms in total. The Hall–Kier alpha value is -1.58. The van der Waals surface area contributed by atoms with Crippen LogP contribution in [0.1, 0.15) is 34.7 Å². The van der Waals surface area contributed by atoms with Crippen LogP contribution in [-0.2, 0) is 39.7 Å². The molecule has 2 aromatic rings. The fourth-order valence-electron chi connectivity index (χ4n) is 3.91. The highest BCUT2D eigenvalue weighted by atomic mass is 35.5. The predicted molar refractivity (Wildman–Crippen MR) is 102 cm³/mol. The van der Waals surface area contributed by atoms with E-state index in [1.165, 1.54) is 5.56 Å². The lowest BCUT2D eigenvalue weighted by Gasteiger charge is -2.44. The van der Waals surface area contributed by atoms with Crippen molar-refractivity contribution in [1.82, 2.24) is 0 Å². The van der Waals surface area contributed by atoms with Crippen LogP contribution in [0.3, 0.4) is 0 Å². The predicted octanol–water partition coefficient (Wildman–Crippen LogP) is 2.52. The molecule has 2 aliphatic rings. The molecule has 8 heteroatoms. The van der Waals surface area contributed by atoms with E-state index in [1.807, 2.05) is 12.1 Å². The summed E-state index contributed by atoms with van der Waals surface area (Å²) in [5.41, 5.74) is 4.09. The van der Waals surface area contributed by atoms with Crippen LogP contribution in [0, 0.1) is 0 Å². The summed E-state index contributed by atoms with van der Waals surface area (Å²) in [4.78, 5) is 3.65. The first-order valence-corrected chi connectivity index (χ1v) is 9.80. The third-order valence-electron chi connectivity index (χ3n) is 5.64. The van der Waals surface area contributed by atoms with Gasteiger partial charge in [0.25, 0.3) is 0 Å². The summed E-state index contributed by atoms with van der Waals surface area (Å²) in [5, 5.41) is 31.2. The summed E-state index contributed by atoms with van der Waals surface area (Å²) in [6.45, 7) is 2.13. The smallest absolute Gasteiger partial charge is 0.228 e. The number of benzene rings is 2. The minimum Gasteiger partial charge on any atom is -0.387 e. The molecule has 4 rings (SSSR count). The van der Waals surface area contributed by atoms with Gasteiger partial charge in [-0.2, -0.15) is 4.94 Å². The van der Waals surface area contributed by atoms with E-state index in [1.54, 1.807) is 12.1 Å². The van der Waals surface area contributed by atoms with Crippen molar-refractivity contribution >= 4 is 11.6 Å². The van der Waals surface area contributed by atoms with Gasteiger partial charge in [-0.1, -0.05) is 42.8 Å². The molecule has 2 aliphatic heterocycles. The number of aliphatic hydroxyl groups is 3. The van der Waals surface area contributed by atoms with E-state index >= 15 is 0 Å². The molecule has 1 saturated heterocycles. The Bertz CT molecular complexity index is 889. The Morgan fingerprint density at radius 3 is 2.48 bits per heavy atom. The SMILES string of the molecule is CCc1ccc(Cc2cc3c(cc2Cl)CO[C@]32O[C@H](OF)[C@@H](O)[C@H](O)[C@H]2O)cc1. The van der Waals surface area contributed by atoms with Crippen molar-refractivity contribution in [2.45, 2.75) is 56.8 Å². The summed E-state index contributed by atoms with van der Waals surface area (Å²) in [7, 11) is 0. The van der Waals surface area contributed by atoms with Gasteiger partial charge in [-0.3, -0.25) is 0 Å². The van der Waals surface area contributed by atoms with Crippen LogP contribution in [0.5, 0.6) is 0 Å². The van der Waals surface area contributed by atoms with E-state index < -0.39 is 30.4 Å². The Morgan fingerprint density at radius 2 is 1.83 bits per heavy atom. The van der Waals surface area contributed by atoms with Crippen LogP contribution >= 0.6 is 11.6 Å². The molecule has 0 radical (unpaired) electrons. The highest BCUT2D eigenvalue weighted by molar-refractivity contribution is 6.31. The molecule has 3 N–H and O–H groups in total. The first-order valence-electron chi connectivity index (χ1n) is 9.42. The largest absolute Gasteiger partial charge is 0.387 e. The first-order chi connectivity index (χ1) is 13.9. The zero-order valence-corrected chi connectivity index (χ0v) is 16.5. The van der Waals surface area contributed by atoms with Crippen molar-refractivity contribution in [3.63, 3.8) is 0 Å². The van der Waals surface area contributed by atoms with E-state index in [-0.39, 0.29) is 6.61 Å². The first kappa shape index (κ1) is 20.7. The summed E-state index contributed by atoms with van der Waals surface area (Å²) < 4.78 is 24.0. The molecule has 0 aliphatic carbocycles. The van der Waals surface area contributed by atoms with Gasteiger partial charge in [0.1, 0.15) is 18.3 Å². The number of aliphatic hydroxyl groups excluding tert-OH is 3. The molecule has 2 heterocycles. The summed E-state index contributed by atoms with van der Waals surface area (Å²) in [5.74, 6) is -1.86. The zero-order chi connectivity index (χ0) is 20.8. The number of ether oxygens (including phenoxy) is 2. The van der Waals surface area contributed by atoms with Gasteiger partial charge in [-0.05, 0) is 51.8 Å². The fraction of sp³-hybridized carbons (Fsp3) is 0.429. The number of fused-ring (bicyclic) bond motifs is 2. The van der Waals surface area contributed by atoms with E-state index in [2.05, 4.69) is 24.0 Å². The van der Waals surface area contributed by atoms with Crippen LogP contribution < -0.4 is 0 Å². The maximum absolute atomic E-state index is 12.9. The molecular formula is C21H22ClFO6. The van der Waals surface area contributed by atoms with Gasteiger partial charge < -0.3 is 24.8 Å². The van der Waals surface area contributed by atoms with Crippen molar-refractivity contribution in [3.8, 4) is 0 Å². The van der Waals surface area contributed by atoms with Crippen LogP contribution in [-0.4, -0.2) is 39.9 Å². The molecule has 0 unspecified atom stereocenters. The number of rotatable bonds is 4. The minimum absolute atomic E-state index is 0.0411. The van der Waals surface area contributed by atoms with Gasteiger partial charge in [0.15, 0.2) is 0 Å². The second kappa shape index (κ2) is 7.92. The van der Waals surface area contributed by atoms with Gasteiger partial charge in [0.2, 0.25) is 12.1 Å². The van der Waals surface area contributed by atoms with Crippen molar-refractivity contribution < 1.29 is 34.3 Å². The zero-order valence-electron chi connectivity index (χ0n) is 15.7. The second-order valence-electron chi connectivity index (χ2n) is 7.41. The molecule has 1 fully saturated rings. The summed E-state index contributed by atoms with van der Waals surface area (Å²) in [6, 6.07) is 11.6. The van der Waals surface area contributed by atoms with Crippen LogP contribution in [0.4, 0.5) is 4.53 Å². The number of halogens is 2. The molecular weight excluding hydrogens is 403 g/mol. The topological polar surface area (TPSA) is 88.4 Å². The Balaban J connectivity index is 1.71. The fourth-order valence-corrected chi connectivity index (χ4v) is 4.16. The highest BCUT2D eigenvalue weighted by Crippen LogP contribution is 2.47. The maximum atomic E-state index is 12.9. The van der Waals surface area contributed by atoms with E-state index in [4.69, 9.17) is 21.1 Å². The lowest BCUT2D eigenvalue weighted by atomic mass is 9.88.